The third-order valence-electron chi connectivity index (χ3n) is 4.27. The van der Waals surface area contributed by atoms with Gasteiger partial charge in [0.15, 0.2) is 5.76 Å². The highest BCUT2D eigenvalue weighted by Gasteiger charge is 2.09. The second-order valence-electron chi connectivity index (χ2n) is 6.36. The monoisotopic (exact) mass is 386 g/mol. The molecule has 7 nitrogen and oxygen atoms in total. The summed E-state index contributed by atoms with van der Waals surface area (Å²) in [4.78, 5) is 24.4. The van der Waals surface area contributed by atoms with Gasteiger partial charge < -0.3 is 15.1 Å². The van der Waals surface area contributed by atoms with Crippen LogP contribution in [-0.4, -0.2) is 21.6 Å². The first-order valence-corrected chi connectivity index (χ1v) is 9.00. The summed E-state index contributed by atoms with van der Waals surface area (Å²) in [5.74, 6) is -0.302. The summed E-state index contributed by atoms with van der Waals surface area (Å²) in [5, 5.41) is 9.74. The number of hydrogen-bond donors (Lipinski definition) is 2. The van der Waals surface area contributed by atoms with Crippen molar-refractivity contribution in [3.05, 3.63) is 102 Å². The number of carbonyl (C=O) groups excluding carboxylic acids is 2. The van der Waals surface area contributed by atoms with Crippen LogP contribution < -0.4 is 10.6 Å². The number of hydrogen-bond acceptors (Lipinski definition) is 4. The van der Waals surface area contributed by atoms with Crippen LogP contribution >= 0.6 is 0 Å². The molecule has 29 heavy (non-hydrogen) atoms. The van der Waals surface area contributed by atoms with Gasteiger partial charge in [-0.05, 0) is 60.2 Å². The Morgan fingerprint density at radius 2 is 1.55 bits per heavy atom. The van der Waals surface area contributed by atoms with Crippen molar-refractivity contribution in [3.8, 4) is 0 Å². The fourth-order valence-electron chi connectivity index (χ4n) is 2.78. The van der Waals surface area contributed by atoms with Gasteiger partial charge in [-0.1, -0.05) is 12.1 Å². The minimum absolute atomic E-state index is 0.206. The summed E-state index contributed by atoms with van der Waals surface area (Å²) < 4.78 is 6.88. The molecule has 0 saturated carbocycles. The molecular formula is C22H18N4O3. The van der Waals surface area contributed by atoms with Gasteiger partial charge in [-0.3, -0.25) is 14.3 Å². The molecule has 144 valence electrons. The van der Waals surface area contributed by atoms with Crippen molar-refractivity contribution < 1.29 is 14.0 Å². The third kappa shape index (κ3) is 4.59. The maximum atomic E-state index is 12.4. The van der Waals surface area contributed by atoms with E-state index in [0.29, 0.717) is 23.5 Å². The first-order valence-electron chi connectivity index (χ1n) is 9.00. The Hall–Kier alpha value is -4.13. The molecule has 0 aliphatic heterocycles. The highest BCUT2D eigenvalue weighted by molar-refractivity contribution is 6.05. The van der Waals surface area contributed by atoms with Crippen LogP contribution in [0.25, 0.3) is 0 Å². The van der Waals surface area contributed by atoms with E-state index in [4.69, 9.17) is 4.42 Å². The molecule has 0 radical (unpaired) electrons. The van der Waals surface area contributed by atoms with E-state index in [-0.39, 0.29) is 17.6 Å². The molecule has 2 aromatic carbocycles. The van der Waals surface area contributed by atoms with Crippen molar-refractivity contribution in [3.63, 3.8) is 0 Å². The highest BCUT2D eigenvalue weighted by Crippen LogP contribution is 2.16. The van der Waals surface area contributed by atoms with Crippen LogP contribution in [0.2, 0.25) is 0 Å². The van der Waals surface area contributed by atoms with Crippen LogP contribution in [-0.2, 0) is 6.54 Å². The average Bonchev–Trinajstić information content (AvgIpc) is 3.44. The molecule has 4 aromatic rings. The lowest BCUT2D eigenvalue weighted by Crippen LogP contribution is -2.13. The van der Waals surface area contributed by atoms with Crippen molar-refractivity contribution >= 4 is 23.2 Å². The number of nitrogens with zero attached hydrogens (tertiary/aromatic N) is 2. The summed E-state index contributed by atoms with van der Waals surface area (Å²) in [6, 6.07) is 19.4. The molecule has 0 unspecified atom stereocenters. The average molecular weight is 386 g/mol. The van der Waals surface area contributed by atoms with Gasteiger partial charge in [0.1, 0.15) is 0 Å². The van der Waals surface area contributed by atoms with E-state index in [1.165, 1.54) is 6.26 Å². The minimum Gasteiger partial charge on any atom is -0.459 e. The molecule has 2 aromatic heterocycles. The summed E-state index contributed by atoms with van der Waals surface area (Å²) in [6.07, 6.45) is 5.06. The van der Waals surface area contributed by atoms with Crippen LogP contribution in [0.5, 0.6) is 0 Å². The molecule has 0 saturated heterocycles. The molecule has 2 heterocycles. The Kier molecular flexibility index (Phi) is 5.20. The van der Waals surface area contributed by atoms with Gasteiger partial charge in [-0.25, -0.2) is 0 Å². The zero-order chi connectivity index (χ0) is 20.1. The fourth-order valence-corrected chi connectivity index (χ4v) is 2.78. The minimum atomic E-state index is -0.331. The van der Waals surface area contributed by atoms with Crippen molar-refractivity contribution in [1.82, 2.24) is 9.78 Å². The Morgan fingerprint density at radius 1 is 0.862 bits per heavy atom. The van der Waals surface area contributed by atoms with Crippen molar-refractivity contribution in [2.45, 2.75) is 6.54 Å². The second-order valence-corrected chi connectivity index (χ2v) is 6.36. The van der Waals surface area contributed by atoms with Gasteiger partial charge in [0.2, 0.25) is 0 Å². The lowest BCUT2D eigenvalue weighted by molar-refractivity contribution is 0.0994. The van der Waals surface area contributed by atoms with Crippen molar-refractivity contribution in [1.29, 1.82) is 0 Å². The predicted octanol–water partition coefficient (Wildman–Crippen LogP) is 4.03. The Balaban J connectivity index is 1.35. The number of carbonyl (C=O) groups is 2. The summed E-state index contributed by atoms with van der Waals surface area (Å²) >= 11 is 0. The van der Waals surface area contributed by atoms with Gasteiger partial charge in [0.25, 0.3) is 11.8 Å². The molecule has 4 rings (SSSR count). The number of amides is 2. The molecule has 0 aliphatic carbocycles. The topological polar surface area (TPSA) is 89.2 Å². The fraction of sp³-hybridized carbons (Fsp3) is 0.0455. The molecule has 0 fully saturated rings. The summed E-state index contributed by atoms with van der Waals surface area (Å²) in [7, 11) is 0. The Bertz CT molecular complexity index is 1080. The molecule has 2 N–H and O–H groups in total. The van der Waals surface area contributed by atoms with Crippen LogP contribution in [0, 0.1) is 0 Å². The van der Waals surface area contributed by atoms with Crippen molar-refractivity contribution in [2.75, 3.05) is 10.6 Å². The van der Waals surface area contributed by atoms with E-state index in [2.05, 4.69) is 15.7 Å². The smallest absolute Gasteiger partial charge is 0.291 e. The first-order chi connectivity index (χ1) is 14.2. The third-order valence-corrected chi connectivity index (χ3v) is 4.27. The molecular weight excluding hydrogens is 368 g/mol. The van der Waals surface area contributed by atoms with E-state index in [0.717, 1.165) is 5.56 Å². The van der Waals surface area contributed by atoms with E-state index < -0.39 is 0 Å². The van der Waals surface area contributed by atoms with Crippen LogP contribution in [0.3, 0.4) is 0 Å². The van der Waals surface area contributed by atoms with E-state index in [1.54, 1.807) is 54.7 Å². The standard InChI is InChI=1S/C22H18N4O3/c27-21(17-6-4-16(5-7-17)15-26-13-2-12-23-26)24-18-8-10-19(11-9-18)25-22(28)20-3-1-14-29-20/h1-14H,15H2,(H,24,27)(H,25,28). The number of anilines is 2. The van der Waals surface area contributed by atoms with Crippen LogP contribution in [0.4, 0.5) is 11.4 Å². The SMILES string of the molecule is O=C(Nc1ccc(NC(=O)c2ccco2)cc1)c1ccc(Cn2cccn2)cc1. The second kappa shape index (κ2) is 8.26. The summed E-state index contributed by atoms with van der Waals surface area (Å²) in [6.45, 7) is 0.653. The van der Waals surface area contributed by atoms with Crippen LogP contribution in [0.1, 0.15) is 26.5 Å². The molecule has 0 aliphatic rings. The number of benzene rings is 2. The quantitative estimate of drug-likeness (QED) is 0.524. The lowest BCUT2D eigenvalue weighted by Gasteiger charge is -2.08. The lowest BCUT2D eigenvalue weighted by atomic mass is 10.1. The molecule has 2 amide bonds. The zero-order valence-corrected chi connectivity index (χ0v) is 15.4. The summed E-state index contributed by atoms with van der Waals surface area (Å²) in [5.41, 5.74) is 2.85. The number of furan rings is 1. The maximum Gasteiger partial charge on any atom is 0.291 e. The molecule has 0 spiro atoms. The first kappa shape index (κ1) is 18.2. The van der Waals surface area contributed by atoms with Gasteiger partial charge in [-0.2, -0.15) is 5.10 Å². The highest BCUT2D eigenvalue weighted by atomic mass is 16.3. The number of aromatic nitrogens is 2. The van der Waals surface area contributed by atoms with E-state index in [1.807, 2.05) is 29.1 Å². The number of rotatable bonds is 6. The van der Waals surface area contributed by atoms with Crippen LogP contribution in [0.15, 0.2) is 89.8 Å². The maximum absolute atomic E-state index is 12.4. The zero-order valence-electron chi connectivity index (χ0n) is 15.4. The van der Waals surface area contributed by atoms with Gasteiger partial charge >= 0.3 is 0 Å². The number of nitrogens with one attached hydrogen (secondary N) is 2. The van der Waals surface area contributed by atoms with Gasteiger partial charge in [0.05, 0.1) is 12.8 Å². The van der Waals surface area contributed by atoms with Gasteiger partial charge in [-0.15, -0.1) is 0 Å². The Labute approximate surface area is 167 Å². The Morgan fingerprint density at radius 3 is 2.14 bits per heavy atom. The normalized spacial score (nSPS) is 10.5. The van der Waals surface area contributed by atoms with E-state index in [9.17, 15) is 9.59 Å². The molecule has 7 heteroatoms. The van der Waals surface area contributed by atoms with Crippen molar-refractivity contribution in [2.24, 2.45) is 0 Å². The largest absolute Gasteiger partial charge is 0.459 e. The van der Waals surface area contributed by atoms with E-state index >= 15 is 0 Å². The van der Waals surface area contributed by atoms with Gasteiger partial charge in [0, 0.05) is 29.3 Å². The predicted molar refractivity (Wildman–Crippen MR) is 109 cm³/mol. The molecule has 0 atom stereocenters. The molecule has 0 bridgehead atoms.